The number of alkyl halides is 11. The molecule has 1 unspecified atom stereocenters. The second-order valence-electron chi connectivity index (χ2n) is 3.27. The third-order valence-electron chi connectivity index (χ3n) is 1.71. The second kappa shape index (κ2) is 5.62. The molecule has 12 heteroatoms. The van der Waals surface area contributed by atoms with Crippen molar-refractivity contribution in [3.05, 3.63) is 0 Å². The largest absolute Gasteiger partial charge is 0.428 e. The summed E-state index contributed by atoms with van der Waals surface area (Å²) in [7, 11) is 0. The molecule has 0 aromatic carbocycles. The van der Waals surface area contributed by atoms with Gasteiger partial charge in [0.2, 0.25) is 0 Å². The number of hydrogen-bond acceptors (Lipinski definition) is 1. The first-order chi connectivity index (χ1) is 8.11. The van der Waals surface area contributed by atoms with Gasteiger partial charge in [-0.25, -0.2) is 4.39 Å². The first-order valence-electron chi connectivity index (χ1n) is 4.28. The predicted molar refractivity (Wildman–Crippen MR) is 45.3 cm³/mol. The van der Waals surface area contributed by atoms with Crippen LogP contribution < -0.4 is 0 Å². The van der Waals surface area contributed by atoms with Crippen LogP contribution in [0.5, 0.6) is 0 Å². The Morgan fingerprint density at radius 3 is 1.63 bits per heavy atom. The highest BCUT2D eigenvalue weighted by atomic mass is 79.9. The maximum Gasteiger partial charge on any atom is 0.428 e. The lowest BCUT2D eigenvalue weighted by molar-refractivity contribution is -0.338. The van der Waals surface area contributed by atoms with Crippen molar-refractivity contribution in [2.75, 3.05) is 6.61 Å². The standard InChI is InChI=1S/C7H5BrF10O/c8-7(17,18)4(10,11)1-2-19-6(15,16)3(9)5(12,13)14/h3H,1-2H2. The fourth-order valence-electron chi connectivity index (χ4n) is 0.721. The lowest BCUT2D eigenvalue weighted by Gasteiger charge is -2.25. The van der Waals surface area contributed by atoms with E-state index in [1.807, 2.05) is 0 Å². The predicted octanol–water partition coefficient (Wildman–Crippen LogP) is 4.51. The van der Waals surface area contributed by atoms with Gasteiger partial charge in [-0.2, -0.15) is 39.5 Å². The summed E-state index contributed by atoms with van der Waals surface area (Å²) in [6.45, 7) is -1.91. The Bertz CT molecular complexity index is 295. The Morgan fingerprint density at radius 2 is 1.32 bits per heavy atom. The summed E-state index contributed by atoms with van der Waals surface area (Å²) < 4.78 is 124. The van der Waals surface area contributed by atoms with E-state index in [1.54, 1.807) is 0 Å². The van der Waals surface area contributed by atoms with Crippen molar-refractivity contribution in [1.82, 2.24) is 0 Å². The molecule has 0 rings (SSSR count). The minimum Gasteiger partial charge on any atom is -0.318 e. The number of rotatable bonds is 6. The summed E-state index contributed by atoms with van der Waals surface area (Å²) in [5.41, 5.74) is 0. The summed E-state index contributed by atoms with van der Waals surface area (Å²) in [6, 6.07) is 0. The fourth-order valence-corrected chi connectivity index (χ4v) is 0.919. The maximum atomic E-state index is 12.5. The van der Waals surface area contributed by atoms with Crippen molar-refractivity contribution in [3.8, 4) is 0 Å². The van der Waals surface area contributed by atoms with Crippen molar-refractivity contribution < 1.29 is 48.6 Å². The zero-order valence-corrected chi connectivity index (χ0v) is 10.1. The van der Waals surface area contributed by atoms with Crippen molar-refractivity contribution in [3.63, 3.8) is 0 Å². The van der Waals surface area contributed by atoms with Gasteiger partial charge in [-0.05, 0) is 15.9 Å². The maximum absolute atomic E-state index is 12.5. The molecule has 116 valence electrons. The molecule has 0 saturated carbocycles. The molecule has 0 N–H and O–H groups in total. The van der Waals surface area contributed by atoms with Gasteiger partial charge in [-0.1, -0.05) is 0 Å². The minimum atomic E-state index is -5.98. The van der Waals surface area contributed by atoms with E-state index in [0.29, 0.717) is 0 Å². The monoisotopic (exact) mass is 374 g/mol. The van der Waals surface area contributed by atoms with E-state index in [-0.39, 0.29) is 0 Å². The molecule has 1 atom stereocenters. The molecule has 0 bridgehead atoms. The van der Waals surface area contributed by atoms with Crippen LogP contribution in [0.15, 0.2) is 0 Å². The van der Waals surface area contributed by atoms with Gasteiger partial charge in [0.1, 0.15) is 0 Å². The average Bonchev–Trinajstić information content (AvgIpc) is 2.12. The number of halogens is 11. The Balaban J connectivity index is 4.50. The zero-order chi connectivity index (χ0) is 15.7. The molecule has 0 fully saturated rings. The van der Waals surface area contributed by atoms with Gasteiger partial charge in [-0.15, -0.1) is 0 Å². The van der Waals surface area contributed by atoms with Crippen LogP contribution in [0.3, 0.4) is 0 Å². The van der Waals surface area contributed by atoms with Crippen LogP contribution in [0, 0.1) is 0 Å². The van der Waals surface area contributed by atoms with Crippen LogP contribution in [0.2, 0.25) is 0 Å². The van der Waals surface area contributed by atoms with Gasteiger partial charge in [-0.3, -0.25) is 0 Å². The summed E-state index contributed by atoms with van der Waals surface area (Å²) in [6.07, 6.45) is -18.2. The Morgan fingerprint density at radius 1 is 0.895 bits per heavy atom. The highest BCUT2D eigenvalue weighted by Crippen LogP contribution is 2.42. The van der Waals surface area contributed by atoms with Crippen LogP contribution >= 0.6 is 15.9 Å². The molecule has 0 heterocycles. The Hall–Kier alpha value is -0.260. The van der Waals surface area contributed by atoms with Crippen LogP contribution in [0.4, 0.5) is 43.9 Å². The van der Waals surface area contributed by atoms with Crippen molar-refractivity contribution in [1.29, 1.82) is 0 Å². The fraction of sp³-hybridized carbons (Fsp3) is 1.00. The van der Waals surface area contributed by atoms with Gasteiger partial charge in [0.25, 0.3) is 6.17 Å². The number of ether oxygens (including phenoxy) is 1. The molecule has 0 aliphatic heterocycles. The van der Waals surface area contributed by atoms with E-state index < -0.39 is 42.2 Å². The van der Waals surface area contributed by atoms with Crippen molar-refractivity contribution >= 4 is 15.9 Å². The smallest absolute Gasteiger partial charge is 0.318 e. The van der Waals surface area contributed by atoms with E-state index in [4.69, 9.17) is 0 Å². The Labute approximate surface area is 108 Å². The highest BCUT2D eigenvalue weighted by molar-refractivity contribution is 9.10. The van der Waals surface area contributed by atoms with Gasteiger partial charge < -0.3 is 4.74 Å². The minimum absolute atomic E-state index is 1.26. The molecule has 19 heavy (non-hydrogen) atoms. The second-order valence-corrected chi connectivity index (χ2v) is 4.26. The molecule has 0 amide bonds. The first-order valence-corrected chi connectivity index (χ1v) is 5.07. The van der Waals surface area contributed by atoms with Gasteiger partial charge in [0, 0.05) is 6.42 Å². The van der Waals surface area contributed by atoms with Crippen LogP contribution in [-0.2, 0) is 4.74 Å². The van der Waals surface area contributed by atoms with E-state index in [1.165, 1.54) is 15.9 Å². The zero-order valence-electron chi connectivity index (χ0n) is 8.56. The van der Waals surface area contributed by atoms with Gasteiger partial charge in [0.05, 0.1) is 6.61 Å². The van der Waals surface area contributed by atoms with Crippen molar-refractivity contribution in [2.45, 2.75) is 35.6 Å². The van der Waals surface area contributed by atoms with Crippen LogP contribution in [-0.4, -0.2) is 35.8 Å². The third kappa shape index (κ3) is 5.32. The van der Waals surface area contributed by atoms with E-state index in [9.17, 15) is 43.9 Å². The molecule has 1 nitrogen and oxygen atoms in total. The summed E-state index contributed by atoms with van der Waals surface area (Å²) in [4.78, 5) is -4.77. The molecular formula is C7H5BrF10O. The van der Waals surface area contributed by atoms with E-state index >= 15 is 0 Å². The molecule has 0 aromatic rings. The van der Waals surface area contributed by atoms with Gasteiger partial charge >= 0.3 is 23.0 Å². The first kappa shape index (κ1) is 18.7. The SMILES string of the molecule is FC(C(F)(F)F)C(F)(F)OCCC(F)(F)C(F)(F)Br. The molecule has 0 aliphatic carbocycles. The Kier molecular flexibility index (Phi) is 5.54. The quantitative estimate of drug-likeness (QED) is 0.491. The normalized spacial score (nSPS) is 16.6. The molecule has 0 aromatic heterocycles. The highest BCUT2D eigenvalue weighted by Gasteiger charge is 2.59. The summed E-state index contributed by atoms with van der Waals surface area (Å²) in [5.74, 6) is -4.85. The molecular weight excluding hydrogens is 370 g/mol. The van der Waals surface area contributed by atoms with Crippen LogP contribution in [0.1, 0.15) is 6.42 Å². The van der Waals surface area contributed by atoms with E-state index in [0.717, 1.165) is 0 Å². The molecule has 0 spiro atoms. The van der Waals surface area contributed by atoms with E-state index in [2.05, 4.69) is 4.74 Å². The van der Waals surface area contributed by atoms with Crippen molar-refractivity contribution in [2.24, 2.45) is 0 Å². The summed E-state index contributed by atoms with van der Waals surface area (Å²) in [5, 5.41) is 0. The molecule has 0 saturated heterocycles. The average molecular weight is 375 g/mol. The molecule has 0 aliphatic rings. The van der Waals surface area contributed by atoms with Gasteiger partial charge in [0.15, 0.2) is 0 Å². The number of hydrogen-bond donors (Lipinski definition) is 0. The molecule has 0 radical (unpaired) electrons. The third-order valence-corrected chi connectivity index (χ3v) is 2.29. The topological polar surface area (TPSA) is 9.23 Å². The van der Waals surface area contributed by atoms with Crippen LogP contribution in [0.25, 0.3) is 0 Å². The summed E-state index contributed by atoms with van der Waals surface area (Å²) >= 11 is 1.26. The lowest BCUT2D eigenvalue weighted by Crippen LogP contribution is -2.44. The lowest BCUT2D eigenvalue weighted by atomic mass is 10.2.